The minimum atomic E-state index is -1.11. The van der Waals surface area contributed by atoms with E-state index in [0.717, 1.165) is 11.3 Å². The van der Waals surface area contributed by atoms with Gasteiger partial charge in [0.2, 0.25) is 5.91 Å². The van der Waals surface area contributed by atoms with E-state index in [1.165, 1.54) is 0 Å². The van der Waals surface area contributed by atoms with Gasteiger partial charge in [0.25, 0.3) is 0 Å². The highest BCUT2D eigenvalue weighted by molar-refractivity contribution is 6.30. The summed E-state index contributed by atoms with van der Waals surface area (Å²) in [6.45, 7) is 2.51. The van der Waals surface area contributed by atoms with Crippen molar-refractivity contribution in [1.29, 1.82) is 0 Å². The Morgan fingerprint density at radius 2 is 1.76 bits per heavy atom. The number of amides is 1. The van der Waals surface area contributed by atoms with E-state index >= 15 is 0 Å². The van der Waals surface area contributed by atoms with Crippen LogP contribution in [-0.4, -0.2) is 23.6 Å². The van der Waals surface area contributed by atoms with Crippen molar-refractivity contribution in [3.05, 3.63) is 64.7 Å². The molecule has 0 saturated carbocycles. The van der Waals surface area contributed by atoms with Gasteiger partial charge in [-0.2, -0.15) is 0 Å². The van der Waals surface area contributed by atoms with Crippen LogP contribution in [0.2, 0.25) is 5.02 Å². The summed E-state index contributed by atoms with van der Waals surface area (Å²) in [6, 6.07) is 12.8. The molecule has 2 N–H and O–H groups in total. The molecule has 6 heteroatoms. The van der Waals surface area contributed by atoms with E-state index in [1.54, 1.807) is 24.3 Å². The summed E-state index contributed by atoms with van der Waals surface area (Å²) in [5.41, 5.74) is 1.46. The molecule has 0 heterocycles. The molecule has 1 unspecified atom stereocenters. The van der Waals surface area contributed by atoms with Crippen LogP contribution in [0.3, 0.4) is 0 Å². The number of hydrogen-bond acceptors (Lipinski definition) is 3. The van der Waals surface area contributed by atoms with Gasteiger partial charge in [0.05, 0.1) is 6.61 Å². The van der Waals surface area contributed by atoms with Crippen LogP contribution in [0, 0.1) is 0 Å². The SMILES string of the molecule is CCOc1ccc(CCC(=O)NC(C(=O)O)c2ccc(Cl)cc2)cc1. The average molecular weight is 362 g/mol. The zero-order valence-electron chi connectivity index (χ0n) is 13.9. The molecule has 1 amide bonds. The summed E-state index contributed by atoms with van der Waals surface area (Å²) >= 11 is 5.81. The molecule has 0 radical (unpaired) electrons. The fourth-order valence-electron chi connectivity index (χ4n) is 2.35. The summed E-state index contributed by atoms with van der Waals surface area (Å²) in [6.07, 6.45) is 0.719. The van der Waals surface area contributed by atoms with Crippen LogP contribution in [-0.2, 0) is 16.0 Å². The number of ether oxygens (including phenoxy) is 1. The molecule has 0 aromatic heterocycles. The molecule has 2 aromatic carbocycles. The maximum atomic E-state index is 12.1. The molecule has 132 valence electrons. The lowest BCUT2D eigenvalue weighted by atomic mass is 10.1. The van der Waals surface area contributed by atoms with E-state index in [0.29, 0.717) is 23.6 Å². The molecule has 2 rings (SSSR count). The number of carbonyl (C=O) groups excluding carboxylic acids is 1. The second kappa shape index (κ2) is 9.08. The van der Waals surface area contributed by atoms with E-state index in [1.807, 2.05) is 31.2 Å². The summed E-state index contributed by atoms with van der Waals surface area (Å²) in [4.78, 5) is 23.5. The Hall–Kier alpha value is -2.53. The van der Waals surface area contributed by atoms with E-state index in [-0.39, 0.29) is 12.3 Å². The van der Waals surface area contributed by atoms with E-state index in [9.17, 15) is 14.7 Å². The molecular weight excluding hydrogens is 342 g/mol. The number of nitrogens with one attached hydrogen (secondary N) is 1. The molecule has 2 aromatic rings. The molecular formula is C19H20ClNO4. The molecule has 0 aliphatic carbocycles. The predicted molar refractivity (Wildman–Crippen MR) is 95.9 cm³/mol. The first-order valence-corrected chi connectivity index (χ1v) is 8.36. The lowest BCUT2D eigenvalue weighted by Crippen LogP contribution is -2.33. The normalized spacial score (nSPS) is 11.6. The van der Waals surface area contributed by atoms with Gasteiger partial charge in [-0.15, -0.1) is 0 Å². The van der Waals surface area contributed by atoms with Gasteiger partial charge in [-0.1, -0.05) is 35.9 Å². The average Bonchev–Trinajstić information content (AvgIpc) is 2.60. The number of carboxylic acid groups (broad SMARTS) is 1. The monoisotopic (exact) mass is 361 g/mol. The zero-order chi connectivity index (χ0) is 18.2. The Morgan fingerprint density at radius 1 is 1.12 bits per heavy atom. The predicted octanol–water partition coefficient (Wildman–Crippen LogP) is 3.61. The number of carbonyl (C=O) groups is 2. The van der Waals surface area contributed by atoms with Crippen molar-refractivity contribution in [2.75, 3.05) is 6.61 Å². The maximum absolute atomic E-state index is 12.1. The molecule has 1 atom stereocenters. The Kier molecular flexibility index (Phi) is 6.83. The first kappa shape index (κ1) is 18.8. The zero-order valence-corrected chi connectivity index (χ0v) is 14.6. The van der Waals surface area contributed by atoms with Gasteiger partial charge in [-0.3, -0.25) is 4.79 Å². The van der Waals surface area contributed by atoms with Crippen LogP contribution in [0.5, 0.6) is 5.75 Å². The van der Waals surface area contributed by atoms with Gasteiger partial charge in [-0.05, 0) is 48.7 Å². The van der Waals surface area contributed by atoms with Crippen LogP contribution >= 0.6 is 11.6 Å². The molecule has 0 fully saturated rings. The molecule has 0 saturated heterocycles. The molecule has 0 spiro atoms. The first-order chi connectivity index (χ1) is 12.0. The molecule has 5 nitrogen and oxygen atoms in total. The van der Waals surface area contributed by atoms with Gasteiger partial charge in [0, 0.05) is 11.4 Å². The number of rotatable bonds is 8. The number of halogens is 1. The van der Waals surface area contributed by atoms with Gasteiger partial charge in [0.15, 0.2) is 6.04 Å². The van der Waals surface area contributed by atoms with Gasteiger partial charge in [-0.25, -0.2) is 4.79 Å². The van der Waals surface area contributed by atoms with Crippen LogP contribution in [0.15, 0.2) is 48.5 Å². The van der Waals surface area contributed by atoms with Gasteiger partial charge < -0.3 is 15.2 Å². The van der Waals surface area contributed by atoms with Crippen LogP contribution in [0.4, 0.5) is 0 Å². The Balaban J connectivity index is 1.92. The highest BCUT2D eigenvalue weighted by Gasteiger charge is 2.21. The Morgan fingerprint density at radius 3 is 2.32 bits per heavy atom. The molecule has 25 heavy (non-hydrogen) atoms. The molecule has 0 aliphatic rings. The molecule has 0 bridgehead atoms. The van der Waals surface area contributed by atoms with Crippen LogP contribution in [0.25, 0.3) is 0 Å². The number of hydrogen-bond donors (Lipinski definition) is 2. The fourth-order valence-corrected chi connectivity index (χ4v) is 2.48. The highest BCUT2D eigenvalue weighted by atomic mass is 35.5. The quantitative estimate of drug-likeness (QED) is 0.753. The van der Waals surface area contributed by atoms with Crippen molar-refractivity contribution >= 4 is 23.5 Å². The van der Waals surface area contributed by atoms with Crippen molar-refractivity contribution in [2.45, 2.75) is 25.8 Å². The summed E-state index contributed by atoms with van der Waals surface area (Å²) in [5.74, 6) is -0.655. The van der Waals surface area contributed by atoms with Crippen molar-refractivity contribution in [2.24, 2.45) is 0 Å². The summed E-state index contributed by atoms with van der Waals surface area (Å²) in [5, 5.41) is 12.4. The van der Waals surface area contributed by atoms with E-state index in [2.05, 4.69) is 5.32 Å². The smallest absolute Gasteiger partial charge is 0.330 e. The minimum Gasteiger partial charge on any atom is -0.494 e. The Bertz CT molecular complexity index is 713. The summed E-state index contributed by atoms with van der Waals surface area (Å²) in [7, 11) is 0. The van der Waals surface area contributed by atoms with Crippen molar-refractivity contribution < 1.29 is 19.4 Å². The van der Waals surface area contributed by atoms with Crippen LogP contribution < -0.4 is 10.1 Å². The topological polar surface area (TPSA) is 75.6 Å². The van der Waals surface area contributed by atoms with E-state index < -0.39 is 12.0 Å². The largest absolute Gasteiger partial charge is 0.494 e. The highest BCUT2D eigenvalue weighted by Crippen LogP contribution is 2.18. The number of aliphatic carboxylic acids is 1. The third-order valence-corrected chi connectivity index (χ3v) is 3.88. The van der Waals surface area contributed by atoms with Crippen molar-refractivity contribution in [3.63, 3.8) is 0 Å². The Labute approximate surface area is 151 Å². The minimum absolute atomic E-state index is 0.200. The third-order valence-electron chi connectivity index (χ3n) is 3.63. The second-order valence-electron chi connectivity index (χ2n) is 5.47. The van der Waals surface area contributed by atoms with Crippen LogP contribution in [0.1, 0.15) is 30.5 Å². The lowest BCUT2D eigenvalue weighted by Gasteiger charge is -2.15. The summed E-state index contributed by atoms with van der Waals surface area (Å²) < 4.78 is 5.37. The number of carboxylic acids is 1. The van der Waals surface area contributed by atoms with Crippen molar-refractivity contribution in [3.8, 4) is 5.75 Å². The fraction of sp³-hybridized carbons (Fsp3) is 0.263. The number of benzene rings is 2. The van der Waals surface area contributed by atoms with Gasteiger partial charge in [0.1, 0.15) is 5.75 Å². The van der Waals surface area contributed by atoms with Gasteiger partial charge >= 0.3 is 5.97 Å². The van der Waals surface area contributed by atoms with Crippen molar-refractivity contribution in [1.82, 2.24) is 5.32 Å². The maximum Gasteiger partial charge on any atom is 0.330 e. The third kappa shape index (κ3) is 5.80. The van der Waals surface area contributed by atoms with E-state index in [4.69, 9.17) is 16.3 Å². The lowest BCUT2D eigenvalue weighted by molar-refractivity contribution is -0.142. The molecule has 0 aliphatic heterocycles. The second-order valence-corrected chi connectivity index (χ2v) is 5.90. The standard InChI is InChI=1S/C19H20ClNO4/c1-2-25-16-10-3-13(4-11-16)5-12-17(22)21-18(19(23)24)14-6-8-15(20)9-7-14/h3-4,6-11,18H,2,5,12H2,1H3,(H,21,22)(H,23,24). The number of aryl methyl sites for hydroxylation is 1. The first-order valence-electron chi connectivity index (χ1n) is 7.99.